The van der Waals surface area contributed by atoms with Gasteiger partial charge in [-0.05, 0) is 30.6 Å². The van der Waals surface area contributed by atoms with E-state index in [2.05, 4.69) is 19.6 Å². The highest BCUT2D eigenvalue weighted by Crippen LogP contribution is 2.30. The van der Waals surface area contributed by atoms with Crippen LogP contribution in [0.15, 0.2) is 38.2 Å². The first-order valence-electron chi connectivity index (χ1n) is 6.15. The molecule has 0 bridgehead atoms. The largest absolute Gasteiger partial charge is 0.411 e. The van der Waals surface area contributed by atoms with Crippen LogP contribution in [0.3, 0.4) is 0 Å². The number of nitrogens with zero attached hydrogens (tertiary/aromatic N) is 4. The molecule has 0 fully saturated rings. The van der Waals surface area contributed by atoms with Crippen LogP contribution in [0.4, 0.5) is 0 Å². The Morgan fingerprint density at radius 3 is 2.70 bits per heavy atom. The van der Waals surface area contributed by atoms with Crippen molar-refractivity contribution in [2.24, 2.45) is 0 Å². The van der Waals surface area contributed by atoms with Gasteiger partial charge < -0.3 is 4.42 Å². The molecule has 0 radical (unpaired) electrons. The summed E-state index contributed by atoms with van der Waals surface area (Å²) in [7, 11) is 0. The predicted molar refractivity (Wildman–Crippen MR) is 77.9 cm³/mol. The molecule has 2 heterocycles. The van der Waals surface area contributed by atoms with Crippen LogP contribution in [-0.4, -0.2) is 19.6 Å². The molecule has 0 saturated heterocycles. The van der Waals surface area contributed by atoms with Gasteiger partial charge >= 0.3 is 0 Å². The van der Waals surface area contributed by atoms with E-state index in [9.17, 15) is 0 Å². The van der Waals surface area contributed by atoms with E-state index in [-0.39, 0.29) is 0 Å². The minimum Gasteiger partial charge on any atom is -0.411 e. The Balaban J connectivity index is 1.78. The summed E-state index contributed by atoms with van der Waals surface area (Å²) in [5.41, 5.74) is 2.12. The van der Waals surface area contributed by atoms with Crippen LogP contribution in [0.25, 0.3) is 11.5 Å². The first-order chi connectivity index (χ1) is 9.74. The molecule has 0 aliphatic heterocycles. The molecule has 0 unspecified atom stereocenters. The first-order valence-corrected chi connectivity index (χ1v) is 7.74. The van der Waals surface area contributed by atoms with Crippen LogP contribution in [0, 0.1) is 6.92 Å². The Kier molecular flexibility index (Phi) is 3.79. The summed E-state index contributed by atoms with van der Waals surface area (Å²) in [6.45, 7) is 4.07. The Bertz CT molecular complexity index is 705. The van der Waals surface area contributed by atoms with E-state index in [0.717, 1.165) is 22.1 Å². The zero-order valence-electron chi connectivity index (χ0n) is 11.0. The Morgan fingerprint density at radius 2 is 2.00 bits per heavy atom. The molecule has 0 N–H and O–H groups in total. The van der Waals surface area contributed by atoms with Gasteiger partial charge in [-0.25, -0.2) is 4.98 Å². The molecule has 102 valence electrons. The highest BCUT2D eigenvalue weighted by Gasteiger charge is 2.12. The normalized spacial score (nSPS) is 10.9. The molecule has 0 aliphatic carbocycles. The highest BCUT2D eigenvalue weighted by molar-refractivity contribution is 8.00. The number of benzene rings is 1. The van der Waals surface area contributed by atoms with E-state index in [0.29, 0.717) is 11.1 Å². The van der Waals surface area contributed by atoms with Crippen LogP contribution in [0.5, 0.6) is 0 Å². The van der Waals surface area contributed by atoms with Gasteiger partial charge in [0, 0.05) is 23.7 Å². The van der Waals surface area contributed by atoms with Crippen molar-refractivity contribution >= 4 is 23.3 Å². The van der Waals surface area contributed by atoms with Gasteiger partial charge in [-0.2, -0.15) is 4.37 Å². The van der Waals surface area contributed by atoms with E-state index < -0.39 is 0 Å². The Morgan fingerprint density at radius 1 is 1.20 bits per heavy atom. The monoisotopic (exact) mass is 304 g/mol. The molecule has 7 heteroatoms. The van der Waals surface area contributed by atoms with Gasteiger partial charge in [-0.15, -0.1) is 10.2 Å². The second-order valence-electron chi connectivity index (χ2n) is 4.17. The minimum atomic E-state index is 0.486. The molecule has 0 saturated carbocycles. The number of rotatable bonds is 4. The fourth-order valence-electron chi connectivity index (χ4n) is 1.56. The fraction of sp³-hybridized carbons (Fsp3) is 0.231. The van der Waals surface area contributed by atoms with Crippen LogP contribution in [0.1, 0.15) is 18.3 Å². The molecule has 0 amide bonds. The molecule has 0 spiro atoms. The van der Waals surface area contributed by atoms with Gasteiger partial charge in [0.25, 0.3) is 5.22 Å². The first kappa shape index (κ1) is 13.3. The molecule has 3 aromatic rings. The summed E-state index contributed by atoms with van der Waals surface area (Å²) >= 11 is 2.70. The highest BCUT2D eigenvalue weighted by atomic mass is 32.2. The van der Waals surface area contributed by atoms with E-state index in [4.69, 9.17) is 4.42 Å². The fourth-order valence-corrected chi connectivity index (χ4v) is 3.04. The van der Waals surface area contributed by atoms with Crippen LogP contribution < -0.4 is 0 Å². The van der Waals surface area contributed by atoms with E-state index in [1.807, 2.05) is 38.1 Å². The number of aromatic nitrogens is 4. The summed E-state index contributed by atoms with van der Waals surface area (Å²) < 4.78 is 10.7. The van der Waals surface area contributed by atoms with Gasteiger partial charge in [0.05, 0.1) is 0 Å². The van der Waals surface area contributed by atoms with Gasteiger partial charge in [0.15, 0.2) is 4.34 Å². The number of hydrogen-bond donors (Lipinski definition) is 0. The molecule has 1 aromatic carbocycles. The predicted octanol–water partition coefficient (Wildman–Crippen LogP) is 3.61. The lowest BCUT2D eigenvalue weighted by atomic mass is 10.1. The minimum absolute atomic E-state index is 0.486. The Labute approximate surface area is 124 Å². The zero-order valence-corrected chi connectivity index (χ0v) is 12.7. The van der Waals surface area contributed by atoms with Crippen LogP contribution in [0.2, 0.25) is 0 Å². The standard InChI is InChI=1S/C13H12N4OS2/c1-3-10-14-13(20-17-10)19-12-16-15-11(18-12)9-6-4-8(2)5-7-9/h4-7H,3H2,1-2H3. The van der Waals surface area contributed by atoms with Crippen molar-refractivity contribution in [3.05, 3.63) is 35.7 Å². The van der Waals surface area contributed by atoms with Crippen molar-refractivity contribution in [3.8, 4) is 11.5 Å². The van der Waals surface area contributed by atoms with Crippen molar-refractivity contribution in [3.63, 3.8) is 0 Å². The quantitative estimate of drug-likeness (QED) is 0.733. The maximum atomic E-state index is 5.64. The average molecular weight is 304 g/mol. The summed E-state index contributed by atoms with van der Waals surface area (Å²) in [4.78, 5) is 4.36. The third-order valence-electron chi connectivity index (χ3n) is 2.65. The molecule has 0 aliphatic rings. The second-order valence-corrected chi connectivity index (χ2v) is 6.12. The van der Waals surface area contributed by atoms with Gasteiger partial charge in [-0.3, -0.25) is 0 Å². The lowest BCUT2D eigenvalue weighted by molar-refractivity contribution is 0.466. The third-order valence-corrected chi connectivity index (χ3v) is 4.27. The van der Waals surface area contributed by atoms with Crippen LogP contribution >= 0.6 is 23.3 Å². The second kappa shape index (κ2) is 5.72. The Hall–Kier alpha value is -1.73. The molecule has 20 heavy (non-hydrogen) atoms. The zero-order chi connectivity index (χ0) is 13.9. The summed E-state index contributed by atoms with van der Waals surface area (Å²) in [6.07, 6.45) is 0.829. The smallest absolute Gasteiger partial charge is 0.284 e. The van der Waals surface area contributed by atoms with Gasteiger partial charge in [-0.1, -0.05) is 24.6 Å². The topological polar surface area (TPSA) is 64.7 Å². The molecule has 5 nitrogen and oxygen atoms in total. The number of hydrogen-bond acceptors (Lipinski definition) is 7. The lowest BCUT2D eigenvalue weighted by Gasteiger charge is -1.94. The molecular formula is C13H12N4OS2. The van der Waals surface area contributed by atoms with E-state index >= 15 is 0 Å². The van der Waals surface area contributed by atoms with Gasteiger partial charge in [0.2, 0.25) is 5.89 Å². The van der Waals surface area contributed by atoms with Crippen LogP contribution in [-0.2, 0) is 6.42 Å². The molecule has 2 aromatic heterocycles. The SMILES string of the molecule is CCc1nsc(Sc2nnc(-c3ccc(C)cc3)o2)n1. The van der Waals surface area contributed by atoms with E-state index in [1.54, 1.807) is 0 Å². The van der Waals surface area contributed by atoms with Gasteiger partial charge in [0.1, 0.15) is 5.82 Å². The summed E-state index contributed by atoms with van der Waals surface area (Å²) in [5.74, 6) is 1.36. The maximum Gasteiger partial charge on any atom is 0.284 e. The number of aryl methyl sites for hydroxylation is 2. The maximum absolute atomic E-state index is 5.64. The lowest BCUT2D eigenvalue weighted by Crippen LogP contribution is -1.80. The summed E-state index contributed by atoms with van der Waals surface area (Å²) in [6, 6.07) is 7.98. The van der Waals surface area contributed by atoms with Crippen molar-refractivity contribution in [1.82, 2.24) is 19.6 Å². The van der Waals surface area contributed by atoms with Crippen molar-refractivity contribution in [2.45, 2.75) is 29.8 Å². The van der Waals surface area contributed by atoms with Crippen molar-refractivity contribution in [1.29, 1.82) is 0 Å². The average Bonchev–Trinajstić information content (AvgIpc) is 3.09. The van der Waals surface area contributed by atoms with E-state index in [1.165, 1.54) is 28.9 Å². The van der Waals surface area contributed by atoms with Crippen molar-refractivity contribution < 1.29 is 4.42 Å². The molecule has 0 atom stereocenters. The molecule has 3 rings (SSSR count). The molecular weight excluding hydrogens is 292 g/mol. The third kappa shape index (κ3) is 2.88. The van der Waals surface area contributed by atoms with Crippen molar-refractivity contribution in [2.75, 3.05) is 0 Å². The summed E-state index contributed by atoms with van der Waals surface area (Å²) in [5, 5.41) is 8.57.